The van der Waals surface area contributed by atoms with Crippen LogP contribution in [0.15, 0.2) is 12.3 Å². The number of piperidine rings is 1. The van der Waals surface area contributed by atoms with E-state index in [1.54, 1.807) is 18.0 Å². The largest absolute Gasteiger partial charge is 0.357 e. The number of nitrogens with zero attached hydrogens (tertiary/aromatic N) is 2. The molecule has 1 unspecified atom stereocenters. The number of pyridine rings is 1. The van der Waals surface area contributed by atoms with Crippen molar-refractivity contribution < 1.29 is 9.59 Å². The van der Waals surface area contributed by atoms with Crippen LogP contribution >= 0.6 is 11.6 Å². The molecule has 0 saturated carbocycles. The maximum atomic E-state index is 12.6. The van der Waals surface area contributed by atoms with E-state index >= 15 is 0 Å². The summed E-state index contributed by atoms with van der Waals surface area (Å²) in [6.07, 6.45) is 4.01. The number of carbonyl (C=O) groups excluding carboxylic acids is 2. The lowest BCUT2D eigenvalue weighted by Crippen LogP contribution is -2.51. The first-order chi connectivity index (χ1) is 9.54. The average molecular weight is 296 g/mol. The number of amides is 2. The number of halogens is 1. The number of rotatable bonds is 2. The van der Waals surface area contributed by atoms with E-state index in [1.807, 2.05) is 6.92 Å². The monoisotopic (exact) mass is 295 g/mol. The van der Waals surface area contributed by atoms with Crippen molar-refractivity contribution in [3.63, 3.8) is 0 Å². The smallest absolute Gasteiger partial charge is 0.257 e. The summed E-state index contributed by atoms with van der Waals surface area (Å²) in [5.41, 5.74) is 1.11. The second-order valence-corrected chi connectivity index (χ2v) is 5.34. The topological polar surface area (TPSA) is 62.3 Å². The molecule has 0 bridgehead atoms. The van der Waals surface area contributed by atoms with Gasteiger partial charge in [-0.05, 0) is 32.3 Å². The van der Waals surface area contributed by atoms with Gasteiger partial charge in [-0.1, -0.05) is 11.6 Å². The number of likely N-dealkylation sites (tertiary alicyclic amines) is 1. The minimum atomic E-state index is -0.418. The van der Waals surface area contributed by atoms with Gasteiger partial charge in [-0.2, -0.15) is 0 Å². The highest BCUT2D eigenvalue weighted by atomic mass is 35.5. The molecule has 1 saturated heterocycles. The van der Waals surface area contributed by atoms with Crippen LogP contribution in [0, 0.1) is 6.92 Å². The molecule has 20 heavy (non-hydrogen) atoms. The van der Waals surface area contributed by atoms with Crippen molar-refractivity contribution in [3.8, 4) is 0 Å². The van der Waals surface area contributed by atoms with Crippen molar-refractivity contribution >= 4 is 23.4 Å². The minimum absolute atomic E-state index is 0.130. The molecule has 1 atom stereocenters. The molecule has 1 aromatic heterocycles. The van der Waals surface area contributed by atoms with Gasteiger partial charge in [0.25, 0.3) is 5.91 Å². The Bertz CT molecular complexity index is 533. The van der Waals surface area contributed by atoms with Crippen molar-refractivity contribution in [3.05, 3.63) is 28.5 Å². The lowest BCUT2D eigenvalue weighted by atomic mass is 10.0. The summed E-state index contributed by atoms with van der Waals surface area (Å²) in [6, 6.07) is 1.24. The third kappa shape index (κ3) is 2.93. The summed E-state index contributed by atoms with van der Waals surface area (Å²) in [5.74, 6) is -0.356. The zero-order valence-electron chi connectivity index (χ0n) is 11.6. The molecule has 1 aliphatic heterocycles. The summed E-state index contributed by atoms with van der Waals surface area (Å²) >= 11 is 6.12. The Morgan fingerprint density at radius 1 is 1.45 bits per heavy atom. The molecule has 2 amide bonds. The second kappa shape index (κ2) is 6.22. The first-order valence-corrected chi connectivity index (χ1v) is 7.07. The molecule has 0 aliphatic carbocycles. The Kier molecular flexibility index (Phi) is 4.60. The first-order valence-electron chi connectivity index (χ1n) is 6.69. The van der Waals surface area contributed by atoms with Gasteiger partial charge in [0.05, 0.1) is 10.6 Å². The number of carbonyl (C=O) groups is 2. The Morgan fingerprint density at radius 3 is 2.85 bits per heavy atom. The van der Waals surface area contributed by atoms with Gasteiger partial charge in [-0.3, -0.25) is 14.6 Å². The Morgan fingerprint density at radius 2 is 2.20 bits per heavy atom. The second-order valence-electron chi connectivity index (χ2n) is 4.93. The van der Waals surface area contributed by atoms with Gasteiger partial charge in [0, 0.05) is 25.5 Å². The van der Waals surface area contributed by atoms with Crippen LogP contribution in [0.5, 0.6) is 0 Å². The molecule has 2 rings (SSSR count). The van der Waals surface area contributed by atoms with Crippen LogP contribution in [0.1, 0.15) is 35.3 Å². The zero-order valence-corrected chi connectivity index (χ0v) is 12.4. The van der Waals surface area contributed by atoms with Crippen molar-refractivity contribution in [2.24, 2.45) is 0 Å². The quantitative estimate of drug-likeness (QED) is 0.905. The fraction of sp³-hybridized carbons (Fsp3) is 0.500. The summed E-state index contributed by atoms with van der Waals surface area (Å²) in [4.78, 5) is 30.2. The lowest BCUT2D eigenvalue weighted by Gasteiger charge is -2.34. The normalized spacial score (nSPS) is 18.8. The highest BCUT2D eigenvalue weighted by Crippen LogP contribution is 2.23. The number of aryl methyl sites for hydroxylation is 1. The fourth-order valence-electron chi connectivity index (χ4n) is 2.45. The Hall–Kier alpha value is -1.62. The molecule has 1 aromatic rings. The van der Waals surface area contributed by atoms with E-state index in [2.05, 4.69) is 10.3 Å². The van der Waals surface area contributed by atoms with Gasteiger partial charge in [0.2, 0.25) is 5.91 Å². The maximum absolute atomic E-state index is 12.6. The number of likely N-dealkylation sites (N-methyl/N-ethyl adjacent to an activating group) is 1. The summed E-state index contributed by atoms with van der Waals surface area (Å²) in [7, 11) is 1.58. The van der Waals surface area contributed by atoms with Crippen LogP contribution in [0.25, 0.3) is 0 Å². The summed E-state index contributed by atoms with van der Waals surface area (Å²) in [5, 5.41) is 2.99. The standard InChI is InChI=1S/C14H18ClN3O2/c1-9-7-11(15)10(8-17-9)14(20)18-6-4-3-5-12(18)13(19)16-2/h7-8,12H,3-6H2,1-2H3,(H,16,19). The van der Waals surface area contributed by atoms with Gasteiger partial charge in [0.1, 0.15) is 6.04 Å². The predicted molar refractivity (Wildman–Crippen MR) is 76.7 cm³/mol. The molecule has 108 valence electrons. The number of nitrogens with one attached hydrogen (secondary N) is 1. The van der Waals surface area contributed by atoms with Gasteiger partial charge < -0.3 is 10.2 Å². The van der Waals surface area contributed by atoms with E-state index < -0.39 is 6.04 Å². The lowest BCUT2D eigenvalue weighted by molar-refractivity contribution is -0.126. The van der Waals surface area contributed by atoms with E-state index in [-0.39, 0.29) is 11.8 Å². The molecule has 0 aromatic carbocycles. The molecular weight excluding hydrogens is 278 g/mol. The van der Waals surface area contributed by atoms with Crippen molar-refractivity contribution in [2.45, 2.75) is 32.2 Å². The van der Waals surface area contributed by atoms with Crippen molar-refractivity contribution in [2.75, 3.05) is 13.6 Å². The molecule has 2 heterocycles. The Balaban J connectivity index is 2.27. The number of hydrogen-bond acceptors (Lipinski definition) is 3. The summed E-state index contributed by atoms with van der Waals surface area (Å²) < 4.78 is 0. The van der Waals surface area contributed by atoms with E-state index in [4.69, 9.17) is 11.6 Å². The highest BCUT2D eigenvalue weighted by molar-refractivity contribution is 6.33. The molecule has 5 nitrogen and oxygen atoms in total. The van der Waals surface area contributed by atoms with Crippen LogP contribution in [0.2, 0.25) is 5.02 Å². The van der Waals surface area contributed by atoms with Crippen LogP contribution in [-0.4, -0.2) is 41.3 Å². The third-order valence-electron chi connectivity index (χ3n) is 3.53. The molecule has 0 radical (unpaired) electrons. The van der Waals surface area contributed by atoms with Crippen molar-refractivity contribution in [1.82, 2.24) is 15.2 Å². The number of aromatic nitrogens is 1. The average Bonchev–Trinajstić information content (AvgIpc) is 2.46. The van der Waals surface area contributed by atoms with Gasteiger partial charge in [-0.15, -0.1) is 0 Å². The van der Waals surface area contributed by atoms with E-state index in [9.17, 15) is 9.59 Å². The summed E-state index contributed by atoms with van der Waals surface area (Å²) in [6.45, 7) is 2.38. The highest BCUT2D eigenvalue weighted by Gasteiger charge is 2.32. The minimum Gasteiger partial charge on any atom is -0.357 e. The molecule has 6 heteroatoms. The molecular formula is C14H18ClN3O2. The zero-order chi connectivity index (χ0) is 14.7. The van der Waals surface area contributed by atoms with E-state index in [1.165, 1.54) is 6.20 Å². The fourth-order valence-corrected chi connectivity index (χ4v) is 2.74. The van der Waals surface area contributed by atoms with Gasteiger partial charge in [0.15, 0.2) is 0 Å². The predicted octanol–water partition coefficient (Wildman–Crippen LogP) is 1.78. The van der Waals surface area contributed by atoms with E-state index in [0.717, 1.165) is 18.5 Å². The van der Waals surface area contributed by atoms with Gasteiger partial charge >= 0.3 is 0 Å². The van der Waals surface area contributed by atoms with E-state index in [0.29, 0.717) is 23.6 Å². The van der Waals surface area contributed by atoms with Crippen LogP contribution in [0.4, 0.5) is 0 Å². The van der Waals surface area contributed by atoms with Crippen LogP contribution in [-0.2, 0) is 4.79 Å². The van der Waals surface area contributed by atoms with Crippen LogP contribution < -0.4 is 5.32 Å². The molecule has 1 aliphatic rings. The maximum Gasteiger partial charge on any atom is 0.257 e. The van der Waals surface area contributed by atoms with Crippen molar-refractivity contribution in [1.29, 1.82) is 0 Å². The van der Waals surface area contributed by atoms with Crippen LogP contribution in [0.3, 0.4) is 0 Å². The molecule has 0 spiro atoms. The SMILES string of the molecule is CNC(=O)C1CCCCN1C(=O)c1cnc(C)cc1Cl. The Labute approximate surface area is 123 Å². The van der Waals surface area contributed by atoms with Gasteiger partial charge in [-0.25, -0.2) is 0 Å². The third-order valence-corrected chi connectivity index (χ3v) is 3.85. The molecule has 1 fully saturated rings. The number of hydrogen-bond donors (Lipinski definition) is 1. The molecule has 1 N–H and O–H groups in total. The first kappa shape index (κ1) is 14.8.